The first-order valence-electron chi connectivity index (χ1n) is 2.78. The molecule has 58 valence electrons. The largest absolute Gasteiger partial charge is 0.276 e. The first-order chi connectivity index (χ1) is 4.59. The van der Waals surface area contributed by atoms with Crippen molar-refractivity contribution in [2.45, 2.75) is 19.8 Å². The molecular formula is C5H7Cl2NO2. The lowest BCUT2D eigenvalue weighted by Crippen LogP contribution is -1.98. The van der Waals surface area contributed by atoms with Gasteiger partial charge in [0.15, 0.2) is 4.49 Å². The summed E-state index contributed by atoms with van der Waals surface area (Å²) in [6.45, 7) is 1.82. The van der Waals surface area contributed by atoms with Crippen LogP contribution in [-0.2, 0) is 0 Å². The molecule has 0 unspecified atom stereocenters. The molecule has 5 heteroatoms. The maximum absolute atomic E-state index is 10.1. The minimum Gasteiger partial charge on any atom is -0.259 e. The molecule has 0 heterocycles. The van der Waals surface area contributed by atoms with E-state index in [0.717, 1.165) is 0 Å². The maximum atomic E-state index is 10.1. The summed E-state index contributed by atoms with van der Waals surface area (Å²) in [4.78, 5) is 9.55. The molecule has 0 aromatic carbocycles. The molecule has 0 saturated carbocycles. The van der Waals surface area contributed by atoms with Gasteiger partial charge in [0, 0.05) is 6.42 Å². The van der Waals surface area contributed by atoms with Crippen molar-refractivity contribution in [2.24, 2.45) is 0 Å². The van der Waals surface area contributed by atoms with Crippen LogP contribution in [0.1, 0.15) is 19.8 Å². The Morgan fingerprint density at radius 3 is 2.20 bits per heavy atom. The van der Waals surface area contributed by atoms with Crippen LogP contribution in [0.25, 0.3) is 0 Å². The van der Waals surface area contributed by atoms with Gasteiger partial charge in [0.1, 0.15) is 0 Å². The van der Waals surface area contributed by atoms with Gasteiger partial charge in [-0.05, 0) is 6.42 Å². The average molecular weight is 184 g/mol. The number of nitro groups is 1. The topological polar surface area (TPSA) is 43.1 Å². The Kier molecular flexibility index (Phi) is 4.40. The van der Waals surface area contributed by atoms with Gasteiger partial charge in [-0.1, -0.05) is 30.1 Å². The number of hydrogen-bond acceptors (Lipinski definition) is 2. The standard InChI is InChI=1S/C5H7Cl2NO2/c1-2-3-4(5(6)7)8(9)10/h2-3H2,1H3. The van der Waals surface area contributed by atoms with E-state index in [1.807, 2.05) is 6.92 Å². The monoisotopic (exact) mass is 183 g/mol. The Labute approximate surface area is 68.8 Å². The maximum Gasteiger partial charge on any atom is 0.276 e. The number of hydrogen-bond donors (Lipinski definition) is 0. The van der Waals surface area contributed by atoms with Crippen LogP contribution in [0.2, 0.25) is 0 Å². The van der Waals surface area contributed by atoms with E-state index in [4.69, 9.17) is 23.2 Å². The predicted octanol–water partition coefficient (Wildman–Crippen LogP) is 2.71. The van der Waals surface area contributed by atoms with E-state index in [9.17, 15) is 10.1 Å². The molecular weight excluding hydrogens is 177 g/mol. The van der Waals surface area contributed by atoms with Crippen LogP contribution < -0.4 is 0 Å². The third-order valence-corrected chi connectivity index (χ3v) is 1.36. The Morgan fingerprint density at radius 1 is 1.60 bits per heavy atom. The van der Waals surface area contributed by atoms with Crippen molar-refractivity contribution in [2.75, 3.05) is 0 Å². The van der Waals surface area contributed by atoms with E-state index in [-0.39, 0.29) is 10.2 Å². The van der Waals surface area contributed by atoms with Crippen LogP contribution in [0.4, 0.5) is 0 Å². The fraction of sp³-hybridized carbons (Fsp3) is 0.600. The fourth-order valence-electron chi connectivity index (χ4n) is 0.492. The first-order valence-corrected chi connectivity index (χ1v) is 3.53. The number of halogens is 2. The van der Waals surface area contributed by atoms with Gasteiger partial charge in [-0.3, -0.25) is 10.1 Å². The molecule has 10 heavy (non-hydrogen) atoms. The zero-order valence-electron chi connectivity index (χ0n) is 5.43. The molecule has 0 aliphatic heterocycles. The van der Waals surface area contributed by atoms with Gasteiger partial charge in [-0.25, -0.2) is 0 Å². The highest BCUT2D eigenvalue weighted by Gasteiger charge is 2.13. The molecule has 0 rings (SSSR count). The molecule has 0 aromatic heterocycles. The van der Waals surface area contributed by atoms with E-state index in [1.54, 1.807) is 0 Å². The molecule has 0 atom stereocenters. The van der Waals surface area contributed by atoms with Crippen LogP contribution >= 0.6 is 23.2 Å². The molecule has 0 N–H and O–H groups in total. The minimum absolute atomic E-state index is 0.106. The summed E-state index contributed by atoms with van der Waals surface area (Å²) in [5, 5.41) is 10.1. The van der Waals surface area contributed by atoms with Crippen molar-refractivity contribution >= 4 is 23.2 Å². The summed E-state index contributed by atoms with van der Waals surface area (Å²) in [5.41, 5.74) is -0.106. The summed E-state index contributed by atoms with van der Waals surface area (Å²) >= 11 is 10.4. The molecule has 0 saturated heterocycles. The highest BCUT2D eigenvalue weighted by molar-refractivity contribution is 6.56. The van der Waals surface area contributed by atoms with Gasteiger partial charge in [0.25, 0.3) is 5.70 Å². The molecule has 3 nitrogen and oxygen atoms in total. The molecule has 0 spiro atoms. The van der Waals surface area contributed by atoms with E-state index in [0.29, 0.717) is 12.8 Å². The van der Waals surface area contributed by atoms with Crippen molar-refractivity contribution in [1.82, 2.24) is 0 Å². The van der Waals surface area contributed by atoms with Crippen molar-refractivity contribution < 1.29 is 4.92 Å². The normalized spacial score (nSPS) is 9.10. The SMILES string of the molecule is CCCC(=C(Cl)Cl)[N+](=O)[O-]. The molecule has 0 aliphatic carbocycles. The second-order valence-electron chi connectivity index (χ2n) is 1.71. The van der Waals surface area contributed by atoms with Gasteiger partial charge < -0.3 is 0 Å². The van der Waals surface area contributed by atoms with Crippen LogP contribution in [0.15, 0.2) is 10.2 Å². The third kappa shape index (κ3) is 3.03. The zero-order chi connectivity index (χ0) is 8.15. The Hall–Kier alpha value is -0.280. The van der Waals surface area contributed by atoms with Crippen LogP contribution in [0, 0.1) is 10.1 Å². The van der Waals surface area contributed by atoms with Crippen molar-refractivity contribution in [3.63, 3.8) is 0 Å². The molecule has 0 fully saturated rings. The Morgan fingerprint density at radius 2 is 2.10 bits per heavy atom. The molecule has 0 amide bonds. The van der Waals surface area contributed by atoms with Crippen molar-refractivity contribution in [1.29, 1.82) is 0 Å². The quantitative estimate of drug-likeness (QED) is 0.499. The van der Waals surface area contributed by atoms with Crippen molar-refractivity contribution in [3.8, 4) is 0 Å². The third-order valence-electron chi connectivity index (χ3n) is 0.925. The van der Waals surface area contributed by atoms with Gasteiger partial charge in [-0.15, -0.1) is 0 Å². The molecule has 0 aliphatic rings. The van der Waals surface area contributed by atoms with E-state index >= 15 is 0 Å². The number of allylic oxidation sites excluding steroid dienone is 1. The molecule has 0 bridgehead atoms. The van der Waals surface area contributed by atoms with Crippen LogP contribution in [0.5, 0.6) is 0 Å². The van der Waals surface area contributed by atoms with Crippen LogP contribution in [-0.4, -0.2) is 4.92 Å². The number of rotatable bonds is 3. The predicted molar refractivity (Wildman–Crippen MR) is 40.6 cm³/mol. The lowest BCUT2D eigenvalue weighted by atomic mass is 10.3. The second-order valence-corrected chi connectivity index (χ2v) is 2.66. The summed E-state index contributed by atoms with van der Waals surface area (Å²) in [6.07, 6.45) is 0.981. The van der Waals surface area contributed by atoms with Gasteiger partial charge in [-0.2, -0.15) is 0 Å². The smallest absolute Gasteiger partial charge is 0.259 e. The van der Waals surface area contributed by atoms with Gasteiger partial charge >= 0.3 is 0 Å². The van der Waals surface area contributed by atoms with Crippen LogP contribution in [0.3, 0.4) is 0 Å². The zero-order valence-corrected chi connectivity index (χ0v) is 6.95. The highest BCUT2D eigenvalue weighted by Crippen LogP contribution is 2.18. The Bertz CT molecular complexity index is 163. The minimum atomic E-state index is -0.557. The van der Waals surface area contributed by atoms with E-state index in [1.165, 1.54) is 0 Å². The second kappa shape index (κ2) is 4.52. The Balaban J connectivity index is 4.28. The lowest BCUT2D eigenvalue weighted by Gasteiger charge is -1.93. The van der Waals surface area contributed by atoms with Gasteiger partial charge in [0.05, 0.1) is 4.92 Å². The first kappa shape index (κ1) is 9.72. The fourth-order valence-corrected chi connectivity index (χ4v) is 0.819. The summed E-state index contributed by atoms with van der Waals surface area (Å²) in [7, 11) is 0. The molecule has 0 aromatic rings. The average Bonchev–Trinajstić information content (AvgIpc) is 1.81. The summed E-state index contributed by atoms with van der Waals surface area (Å²) in [6, 6.07) is 0. The highest BCUT2D eigenvalue weighted by atomic mass is 35.5. The summed E-state index contributed by atoms with van der Waals surface area (Å²) in [5.74, 6) is 0. The van der Waals surface area contributed by atoms with Crippen molar-refractivity contribution in [3.05, 3.63) is 20.3 Å². The molecule has 0 radical (unpaired) electrons. The van der Waals surface area contributed by atoms with Gasteiger partial charge in [0.2, 0.25) is 0 Å². The van der Waals surface area contributed by atoms with E-state index in [2.05, 4.69) is 0 Å². The van der Waals surface area contributed by atoms with E-state index < -0.39 is 4.92 Å². The summed E-state index contributed by atoms with van der Waals surface area (Å²) < 4.78 is -0.244. The number of nitrogens with zero attached hydrogens (tertiary/aromatic N) is 1. The lowest BCUT2D eigenvalue weighted by molar-refractivity contribution is -0.428.